The molecule has 0 bridgehead atoms. The van der Waals surface area contributed by atoms with Crippen LogP contribution in [0.2, 0.25) is 0 Å². The van der Waals surface area contributed by atoms with Crippen molar-refractivity contribution in [2.24, 2.45) is 14.1 Å². The third-order valence-corrected chi connectivity index (χ3v) is 1.73. The Morgan fingerprint density at radius 1 is 0.533 bits per heavy atom. The molecule has 0 fully saturated rings. The van der Waals surface area contributed by atoms with Gasteiger partial charge in [-0.2, -0.15) is 0 Å². The Morgan fingerprint density at radius 3 is 0.933 bits per heavy atom. The first-order chi connectivity index (χ1) is 6.79. The van der Waals surface area contributed by atoms with Crippen molar-refractivity contribution in [3.05, 3.63) is 61.2 Å². The average molecular weight is 204 g/mol. The Morgan fingerprint density at radius 2 is 0.800 bits per heavy atom. The molecule has 0 aromatic carbocycles. The summed E-state index contributed by atoms with van der Waals surface area (Å²) in [5.41, 5.74) is 0. The van der Waals surface area contributed by atoms with Gasteiger partial charge in [-0.25, -0.2) is 9.13 Å². The first-order valence-electron chi connectivity index (χ1n) is 4.59. The van der Waals surface area contributed by atoms with E-state index in [0.29, 0.717) is 0 Å². The van der Waals surface area contributed by atoms with Gasteiger partial charge in [0.1, 0.15) is 14.1 Å². The minimum Gasteiger partial charge on any atom is -2.00 e. The zero-order valence-electron chi connectivity index (χ0n) is 9.08. The largest absolute Gasteiger partial charge is 2.00 e. The molecular formula is C12H16N2O. The van der Waals surface area contributed by atoms with Crippen molar-refractivity contribution in [1.29, 1.82) is 0 Å². The summed E-state index contributed by atoms with van der Waals surface area (Å²) >= 11 is 0. The number of aryl methyl sites for hydroxylation is 2. The van der Waals surface area contributed by atoms with Crippen molar-refractivity contribution in [2.75, 3.05) is 0 Å². The molecule has 0 amide bonds. The van der Waals surface area contributed by atoms with E-state index in [1.807, 2.05) is 84.4 Å². The fourth-order valence-corrected chi connectivity index (χ4v) is 0.969. The minimum absolute atomic E-state index is 0. The highest BCUT2D eigenvalue weighted by molar-refractivity contribution is 4.83. The van der Waals surface area contributed by atoms with Crippen molar-refractivity contribution in [3.63, 3.8) is 0 Å². The van der Waals surface area contributed by atoms with E-state index < -0.39 is 0 Å². The topological polar surface area (TPSA) is 36.3 Å². The number of rotatable bonds is 0. The maximum Gasteiger partial charge on any atom is 0.168 e. The van der Waals surface area contributed by atoms with Gasteiger partial charge in [-0.1, -0.05) is 12.1 Å². The molecule has 80 valence electrons. The van der Waals surface area contributed by atoms with E-state index in [9.17, 15) is 0 Å². The predicted molar refractivity (Wildman–Crippen MR) is 55.9 cm³/mol. The molecule has 2 aromatic heterocycles. The number of hydrogen-bond donors (Lipinski definition) is 0. The Kier molecular flexibility index (Phi) is 6.76. The highest BCUT2D eigenvalue weighted by Crippen LogP contribution is 1.72. The van der Waals surface area contributed by atoms with E-state index in [1.165, 1.54) is 0 Å². The van der Waals surface area contributed by atoms with E-state index in [-0.39, 0.29) is 5.48 Å². The molecular weight excluding hydrogens is 188 g/mol. The van der Waals surface area contributed by atoms with Crippen LogP contribution in [0.4, 0.5) is 0 Å². The molecule has 0 N–H and O–H groups in total. The minimum atomic E-state index is 0. The third kappa shape index (κ3) is 6.35. The lowest BCUT2D eigenvalue weighted by Gasteiger charge is -2.00. The predicted octanol–water partition coefficient (Wildman–Crippen LogP) is 0.903. The lowest BCUT2D eigenvalue weighted by Crippen LogP contribution is -2.25. The molecule has 0 aliphatic heterocycles. The van der Waals surface area contributed by atoms with Crippen LogP contribution in [0.5, 0.6) is 0 Å². The molecule has 3 nitrogen and oxygen atoms in total. The van der Waals surface area contributed by atoms with Crippen molar-refractivity contribution in [1.82, 2.24) is 0 Å². The highest BCUT2D eigenvalue weighted by atomic mass is 16.0. The molecule has 2 rings (SSSR count). The lowest BCUT2D eigenvalue weighted by atomic mass is 10.5. The van der Waals surface area contributed by atoms with Crippen LogP contribution in [0.3, 0.4) is 0 Å². The summed E-state index contributed by atoms with van der Waals surface area (Å²) in [4.78, 5) is 0. The third-order valence-electron chi connectivity index (χ3n) is 1.73. The van der Waals surface area contributed by atoms with Gasteiger partial charge in [-0.15, -0.1) is 0 Å². The zero-order valence-corrected chi connectivity index (χ0v) is 9.08. The Labute approximate surface area is 90.6 Å². The summed E-state index contributed by atoms with van der Waals surface area (Å²) in [5, 5.41) is 0. The number of hydrogen-bond acceptors (Lipinski definition) is 0. The van der Waals surface area contributed by atoms with Crippen LogP contribution in [0, 0.1) is 0 Å². The molecule has 15 heavy (non-hydrogen) atoms. The van der Waals surface area contributed by atoms with Crippen LogP contribution in [-0.4, -0.2) is 0 Å². The van der Waals surface area contributed by atoms with E-state index in [1.54, 1.807) is 0 Å². The summed E-state index contributed by atoms with van der Waals surface area (Å²) in [7, 11) is 4.00. The maximum absolute atomic E-state index is 2.00. The molecule has 0 unspecified atom stereocenters. The van der Waals surface area contributed by atoms with Crippen molar-refractivity contribution in [3.8, 4) is 0 Å². The van der Waals surface area contributed by atoms with Crippen LogP contribution >= 0.6 is 0 Å². The molecule has 2 aromatic rings. The van der Waals surface area contributed by atoms with Gasteiger partial charge < -0.3 is 5.48 Å². The molecule has 3 heteroatoms. The van der Waals surface area contributed by atoms with Gasteiger partial charge in [0.05, 0.1) is 0 Å². The fraction of sp³-hybridized carbons (Fsp3) is 0.167. The molecule has 0 aliphatic rings. The molecule has 0 spiro atoms. The number of nitrogens with zero attached hydrogens (tertiary/aromatic N) is 2. The number of pyridine rings is 2. The van der Waals surface area contributed by atoms with Crippen LogP contribution < -0.4 is 9.13 Å². The first-order valence-corrected chi connectivity index (χ1v) is 4.59. The van der Waals surface area contributed by atoms with Gasteiger partial charge in [0.25, 0.3) is 0 Å². The molecule has 0 atom stereocenters. The maximum atomic E-state index is 2.00. The zero-order chi connectivity index (χ0) is 10.2. The van der Waals surface area contributed by atoms with Crippen LogP contribution in [0.25, 0.3) is 0 Å². The Hall–Kier alpha value is -1.74. The monoisotopic (exact) mass is 204 g/mol. The normalized spacial score (nSPS) is 8.13. The molecule has 0 aliphatic carbocycles. The summed E-state index contributed by atoms with van der Waals surface area (Å²) < 4.78 is 4.00. The standard InChI is InChI=1S/2C6H8N.O/c2*1-7-5-3-2-4-6-7;/h2*2-6H,1H3;/q2*+1;-2. The molecule has 0 radical (unpaired) electrons. The van der Waals surface area contributed by atoms with E-state index >= 15 is 0 Å². The average Bonchev–Trinajstić information content (AvgIpc) is 2.21. The van der Waals surface area contributed by atoms with Crippen molar-refractivity contribution in [2.45, 2.75) is 0 Å². The second kappa shape index (κ2) is 7.64. The number of aromatic nitrogens is 2. The second-order valence-corrected chi connectivity index (χ2v) is 3.08. The van der Waals surface area contributed by atoms with Gasteiger partial charge in [0.15, 0.2) is 24.8 Å². The Balaban J connectivity index is 0.000000245. The first kappa shape index (κ1) is 13.3. The van der Waals surface area contributed by atoms with Gasteiger partial charge >= 0.3 is 0 Å². The van der Waals surface area contributed by atoms with E-state index in [2.05, 4.69) is 0 Å². The van der Waals surface area contributed by atoms with Crippen LogP contribution in [0.15, 0.2) is 61.2 Å². The van der Waals surface area contributed by atoms with Gasteiger partial charge in [-0.3, -0.25) is 0 Å². The van der Waals surface area contributed by atoms with Crippen molar-refractivity contribution < 1.29 is 14.6 Å². The molecule has 2 heterocycles. The van der Waals surface area contributed by atoms with Crippen LogP contribution in [0.1, 0.15) is 0 Å². The summed E-state index contributed by atoms with van der Waals surface area (Å²) in [6.45, 7) is 0. The summed E-state index contributed by atoms with van der Waals surface area (Å²) in [5.74, 6) is 0. The Bertz CT molecular complexity index is 311. The second-order valence-electron chi connectivity index (χ2n) is 3.08. The molecule has 0 saturated carbocycles. The summed E-state index contributed by atoms with van der Waals surface area (Å²) in [6.07, 6.45) is 8.00. The van der Waals surface area contributed by atoms with E-state index in [4.69, 9.17) is 0 Å². The fourth-order valence-electron chi connectivity index (χ4n) is 0.969. The SMILES string of the molecule is C[n+]1ccccc1.C[n+]1ccccc1.[O-2]. The van der Waals surface area contributed by atoms with Gasteiger partial charge in [0.2, 0.25) is 0 Å². The quantitative estimate of drug-likeness (QED) is 0.572. The van der Waals surface area contributed by atoms with E-state index in [0.717, 1.165) is 0 Å². The highest BCUT2D eigenvalue weighted by Gasteiger charge is 1.79. The summed E-state index contributed by atoms with van der Waals surface area (Å²) in [6, 6.07) is 12.0. The van der Waals surface area contributed by atoms with Gasteiger partial charge in [-0.05, 0) is 0 Å². The smallest absolute Gasteiger partial charge is 0.168 e. The van der Waals surface area contributed by atoms with Crippen LogP contribution in [-0.2, 0) is 19.6 Å². The van der Waals surface area contributed by atoms with Crippen molar-refractivity contribution >= 4 is 0 Å². The lowest BCUT2D eigenvalue weighted by molar-refractivity contribution is -0.671. The van der Waals surface area contributed by atoms with Gasteiger partial charge in [0, 0.05) is 24.3 Å². The molecule has 0 saturated heterocycles.